The second kappa shape index (κ2) is 12.4. The van der Waals surface area contributed by atoms with E-state index in [1.165, 1.54) is 0 Å². The number of aliphatic imine (C=N–C) groups is 1. The van der Waals surface area contributed by atoms with E-state index >= 15 is 0 Å². The van der Waals surface area contributed by atoms with Gasteiger partial charge in [-0.05, 0) is 30.3 Å². The van der Waals surface area contributed by atoms with E-state index in [9.17, 15) is 13.6 Å². The molecule has 0 spiro atoms. The molecule has 0 saturated carbocycles. The molecule has 0 bridgehead atoms. The number of hydrogen-bond donors (Lipinski definition) is 1. The zero-order valence-corrected chi connectivity index (χ0v) is 17.8. The third kappa shape index (κ3) is 9.32. The van der Waals surface area contributed by atoms with E-state index in [2.05, 4.69) is 68.7 Å². The molecule has 0 atom stereocenters. The highest BCUT2D eigenvalue weighted by Gasteiger charge is 2.08. The van der Waals surface area contributed by atoms with Crippen LogP contribution in [0.3, 0.4) is 0 Å². The number of carbonyl (C=O) groups excluding carboxylic acids is 2. The Kier molecular flexibility index (Phi) is 11.8. The van der Waals surface area contributed by atoms with Crippen LogP contribution in [-0.4, -0.2) is 12.2 Å². The lowest BCUT2D eigenvalue weighted by atomic mass is 10.3. The fraction of sp³-hybridized carbons (Fsp3) is 0. The zero-order chi connectivity index (χ0) is 18.7. The first-order valence-electron chi connectivity index (χ1n) is 5.63. The predicted octanol–water partition coefficient (Wildman–Crippen LogP) is 6.57. The number of hydrogen-bond acceptors (Lipinski definition) is 4. The van der Waals surface area contributed by atoms with E-state index in [1.54, 1.807) is 0 Å². The molecule has 0 unspecified atom stereocenters. The smallest absolute Gasteiger partial charge is 0.222 e. The molecule has 0 amide bonds. The molecule has 2 aromatic carbocycles. The summed E-state index contributed by atoms with van der Waals surface area (Å²) in [4.78, 5) is 20.9. The Bertz CT molecular complexity index is 717. The maximum Gasteiger partial charge on any atom is 0.240 e. The topological polar surface area (TPSA) is 70.3 Å². The molecule has 10 heteroatoms. The van der Waals surface area contributed by atoms with Gasteiger partial charge in [-0.25, -0.2) is 23.8 Å². The van der Waals surface area contributed by atoms with Gasteiger partial charge in [0.25, 0.3) is 0 Å². The van der Waals surface area contributed by atoms with Crippen LogP contribution in [0.5, 0.6) is 0 Å². The third-order valence-electron chi connectivity index (χ3n) is 1.97. The van der Waals surface area contributed by atoms with Gasteiger partial charge in [-0.3, -0.25) is 0 Å². The molecule has 126 valence electrons. The summed E-state index contributed by atoms with van der Waals surface area (Å²) >= 11 is 12.9. The van der Waals surface area contributed by atoms with Crippen molar-refractivity contribution in [1.82, 2.24) is 0 Å². The summed E-state index contributed by atoms with van der Waals surface area (Å²) in [5.74, 6) is -1.80. The second-order valence-electron chi connectivity index (χ2n) is 3.61. The molecule has 0 saturated heterocycles. The average molecular weight is 592 g/mol. The summed E-state index contributed by atoms with van der Waals surface area (Å²) in [6, 6.07) is 8.00. The number of isocyanates is 2. The molecule has 2 aromatic rings. The fourth-order valence-electron chi connectivity index (χ4n) is 1.21. The van der Waals surface area contributed by atoms with Gasteiger partial charge >= 0.3 is 0 Å². The second-order valence-corrected chi connectivity index (χ2v) is 7.27. The molecule has 2 rings (SSSR count). The van der Waals surface area contributed by atoms with Crippen molar-refractivity contribution in [2.45, 2.75) is 0 Å². The summed E-state index contributed by atoms with van der Waals surface area (Å²) in [6.45, 7) is 0. The minimum absolute atomic E-state index is 0.252. The van der Waals surface area contributed by atoms with Crippen LogP contribution in [0.25, 0.3) is 0 Å². The van der Waals surface area contributed by atoms with Crippen molar-refractivity contribution in [1.29, 1.82) is 5.41 Å². The molecule has 0 radical (unpaired) electrons. The largest absolute Gasteiger partial charge is 0.240 e. The van der Waals surface area contributed by atoms with Crippen molar-refractivity contribution >= 4 is 81.6 Å². The highest BCUT2D eigenvalue weighted by Crippen LogP contribution is 2.25. The normalized spacial score (nSPS) is 8.58. The van der Waals surface area contributed by atoms with Gasteiger partial charge in [-0.15, -0.1) is 0 Å². The first kappa shape index (κ1) is 23.0. The van der Waals surface area contributed by atoms with Crippen LogP contribution in [0.15, 0.2) is 53.2 Å². The highest BCUT2D eigenvalue weighted by molar-refractivity contribution is 9.11. The predicted molar refractivity (Wildman–Crippen MR) is 99.8 cm³/mol. The van der Waals surface area contributed by atoms with Crippen LogP contribution in [0, 0.1) is 17.0 Å². The number of nitrogens with one attached hydrogen (secondary N) is 1. The minimum Gasteiger partial charge on any atom is -0.222 e. The quantitative estimate of drug-likeness (QED) is 0.301. The number of rotatable bonds is 1. The van der Waals surface area contributed by atoms with Crippen molar-refractivity contribution < 1.29 is 18.4 Å². The first-order valence-corrected chi connectivity index (χ1v) is 8.80. The Morgan fingerprint density at radius 2 is 1.08 bits per heavy atom. The minimum atomic E-state index is -0.898. The lowest BCUT2D eigenvalue weighted by molar-refractivity contribution is 0.560. The van der Waals surface area contributed by atoms with E-state index in [-0.39, 0.29) is 4.47 Å². The summed E-state index contributed by atoms with van der Waals surface area (Å²) in [7, 11) is 0. The molecule has 4 nitrogen and oxygen atoms in total. The standard InChI is InChI=1S/C7H2BrF2NO.C6H3Br3.CHNO/c8-4-1-5(9)7(11-3-12)6(10)2-4;7-4-1-5(8)3-6(9)2-4;2-1-3/h1-2H;1-3H;2H. The lowest BCUT2D eigenvalue weighted by Crippen LogP contribution is -1.82. The third-order valence-corrected chi connectivity index (χ3v) is 3.80. The van der Waals surface area contributed by atoms with E-state index < -0.39 is 17.3 Å². The number of nitrogens with zero attached hydrogens (tertiary/aromatic N) is 1. The van der Waals surface area contributed by atoms with Crippen LogP contribution in [-0.2, 0) is 9.59 Å². The molecule has 0 aliphatic heterocycles. The fourth-order valence-corrected chi connectivity index (χ4v) is 4.01. The Balaban J connectivity index is 0.000000390. The van der Waals surface area contributed by atoms with Crippen LogP contribution >= 0.6 is 63.7 Å². The van der Waals surface area contributed by atoms with Crippen LogP contribution in [0.1, 0.15) is 0 Å². The summed E-state index contributed by atoms with van der Waals surface area (Å²) in [6.07, 6.45) is 1.81. The molecule has 24 heavy (non-hydrogen) atoms. The van der Waals surface area contributed by atoms with Crippen LogP contribution in [0.4, 0.5) is 14.5 Å². The molecule has 0 heterocycles. The van der Waals surface area contributed by atoms with Crippen molar-refractivity contribution in [3.8, 4) is 0 Å². The van der Waals surface area contributed by atoms with E-state index in [0.29, 0.717) is 0 Å². The van der Waals surface area contributed by atoms with Crippen LogP contribution < -0.4 is 0 Å². The van der Waals surface area contributed by atoms with E-state index in [4.69, 9.17) is 10.2 Å². The van der Waals surface area contributed by atoms with Gasteiger partial charge < -0.3 is 0 Å². The molecule has 0 aromatic heterocycles. The monoisotopic (exact) mass is 588 g/mol. The Labute approximate surface area is 169 Å². The van der Waals surface area contributed by atoms with Crippen molar-refractivity contribution in [2.24, 2.45) is 4.99 Å². The van der Waals surface area contributed by atoms with E-state index in [1.807, 2.05) is 18.2 Å². The lowest BCUT2D eigenvalue weighted by Gasteiger charge is -1.96. The van der Waals surface area contributed by atoms with Gasteiger partial charge in [0.2, 0.25) is 12.2 Å². The molecular weight excluding hydrogens is 586 g/mol. The molecule has 1 N–H and O–H groups in total. The van der Waals surface area contributed by atoms with Gasteiger partial charge in [-0.1, -0.05) is 63.7 Å². The van der Waals surface area contributed by atoms with Crippen LogP contribution in [0.2, 0.25) is 0 Å². The van der Waals surface area contributed by atoms with Crippen molar-refractivity contribution in [3.05, 3.63) is 59.9 Å². The molecule has 0 aliphatic rings. The van der Waals surface area contributed by atoms with Gasteiger partial charge in [0.15, 0.2) is 11.6 Å². The SMILES string of the molecule is Brc1cc(Br)cc(Br)c1.N=C=O.O=C=Nc1c(F)cc(Br)cc1F. The molecule has 0 aliphatic carbocycles. The summed E-state index contributed by atoms with van der Waals surface area (Å²) in [5, 5.41) is 5.40. The Morgan fingerprint density at radius 3 is 1.38 bits per heavy atom. The zero-order valence-electron chi connectivity index (χ0n) is 11.4. The average Bonchev–Trinajstić information content (AvgIpc) is 2.42. The molecule has 0 fully saturated rings. The highest BCUT2D eigenvalue weighted by atomic mass is 79.9. The Hall–Kier alpha value is -1.02. The van der Waals surface area contributed by atoms with Gasteiger partial charge in [0, 0.05) is 17.9 Å². The van der Waals surface area contributed by atoms with Gasteiger partial charge in [-0.2, -0.15) is 4.99 Å². The summed E-state index contributed by atoms with van der Waals surface area (Å²) < 4.78 is 29.0. The van der Waals surface area contributed by atoms with E-state index in [0.717, 1.165) is 37.7 Å². The maximum atomic E-state index is 12.8. The van der Waals surface area contributed by atoms with Crippen molar-refractivity contribution in [2.75, 3.05) is 0 Å². The summed E-state index contributed by atoms with van der Waals surface area (Å²) in [5.41, 5.74) is -0.617. The molecular formula is C14H6Br4F2N2O2. The number of halogens is 6. The van der Waals surface area contributed by atoms with Gasteiger partial charge in [0.05, 0.1) is 0 Å². The van der Waals surface area contributed by atoms with Gasteiger partial charge in [0.1, 0.15) is 5.69 Å². The number of benzene rings is 2. The maximum absolute atomic E-state index is 12.8. The Morgan fingerprint density at radius 1 is 0.792 bits per heavy atom. The van der Waals surface area contributed by atoms with Crippen molar-refractivity contribution in [3.63, 3.8) is 0 Å². The first-order chi connectivity index (χ1) is 11.2.